The summed E-state index contributed by atoms with van der Waals surface area (Å²) in [6, 6.07) is 5.18. The molecule has 1 saturated heterocycles. The topological polar surface area (TPSA) is 89.5 Å². The molecule has 1 aromatic rings. The van der Waals surface area contributed by atoms with Crippen LogP contribution in [0.15, 0.2) is 18.2 Å². The van der Waals surface area contributed by atoms with E-state index in [-0.39, 0.29) is 23.8 Å². The summed E-state index contributed by atoms with van der Waals surface area (Å²) in [7, 11) is -3.02. The molecule has 23 heavy (non-hydrogen) atoms. The average molecular weight is 360 g/mol. The Balaban J connectivity index is 1.77. The summed E-state index contributed by atoms with van der Waals surface area (Å²) < 4.78 is 27.5. The fraction of sp³-hybridized carbons (Fsp3) is 0.467. The van der Waals surface area contributed by atoms with Gasteiger partial charge in [0.25, 0.3) is 5.91 Å². The van der Waals surface area contributed by atoms with Crippen LogP contribution < -0.4 is 5.32 Å². The Hall–Kier alpha value is -1.60. The average Bonchev–Trinajstić information content (AvgIpc) is 2.79. The van der Waals surface area contributed by atoms with Gasteiger partial charge in [-0.25, -0.2) is 8.42 Å². The lowest BCUT2D eigenvalue weighted by molar-refractivity contribution is -0.148. The van der Waals surface area contributed by atoms with E-state index in [1.807, 2.05) is 6.92 Å². The molecule has 6 nitrogen and oxygen atoms in total. The molecule has 0 aliphatic carbocycles. The molecular formula is C15H18ClNO5S. The lowest BCUT2D eigenvalue weighted by Crippen LogP contribution is -2.22. The molecule has 0 saturated carbocycles. The van der Waals surface area contributed by atoms with Crippen LogP contribution in [0, 0.1) is 12.8 Å². The highest BCUT2D eigenvalue weighted by atomic mass is 35.5. The van der Waals surface area contributed by atoms with Crippen LogP contribution in [0.1, 0.15) is 18.4 Å². The molecule has 0 radical (unpaired) electrons. The molecule has 0 aromatic heterocycles. The highest BCUT2D eigenvalue weighted by Crippen LogP contribution is 2.23. The fourth-order valence-corrected chi connectivity index (χ4v) is 4.53. The fourth-order valence-electron chi connectivity index (χ4n) is 2.38. The number of amides is 1. The number of anilines is 1. The molecule has 8 heteroatoms. The molecule has 1 aliphatic heterocycles. The number of nitrogens with one attached hydrogen (secondary N) is 1. The Morgan fingerprint density at radius 3 is 2.74 bits per heavy atom. The van der Waals surface area contributed by atoms with E-state index in [2.05, 4.69) is 5.32 Å². The van der Waals surface area contributed by atoms with Gasteiger partial charge in [-0.05, 0) is 37.0 Å². The first-order valence-electron chi connectivity index (χ1n) is 7.17. The van der Waals surface area contributed by atoms with Crippen LogP contribution in [-0.2, 0) is 24.2 Å². The normalized spacial score (nSPS) is 19.3. The molecular weight excluding hydrogens is 342 g/mol. The SMILES string of the molecule is Cc1ccc(NC(=O)COC(=O)CC2CCS(=O)(=O)C2)c(Cl)c1. The van der Waals surface area contributed by atoms with Crippen LogP contribution in [0.4, 0.5) is 5.69 Å². The van der Waals surface area contributed by atoms with Crippen molar-refractivity contribution in [2.45, 2.75) is 19.8 Å². The van der Waals surface area contributed by atoms with Crippen LogP contribution in [0.2, 0.25) is 5.02 Å². The third-order valence-corrected chi connectivity index (χ3v) is 5.69. The molecule has 1 atom stereocenters. The van der Waals surface area contributed by atoms with Crippen molar-refractivity contribution in [3.63, 3.8) is 0 Å². The number of halogens is 1. The number of esters is 1. The molecule has 1 amide bonds. The predicted octanol–water partition coefficient (Wildman–Crippen LogP) is 1.95. The number of hydrogen-bond acceptors (Lipinski definition) is 5. The summed E-state index contributed by atoms with van der Waals surface area (Å²) in [5, 5.41) is 2.96. The maximum atomic E-state index is 11.8. The number of rotatable bonds is 5. The lowest BCUT2D eigenvalue weighted by atomic mass is 10.1. The van der Waals surface area contributed by atoms with E-state index in [1.54, 1.807) is 18.2 Å². The minimum Gasteiger partial charge on any atom is -0.456 e. The smallest absolute Gasteiger partial charge is 0.306 e. The summed E-state index contributed by atoms with van der Waals surface area (Å²) in [6.45, 7) is 1.45. The van der Waals surface area contributed by atoms with E-state index in [0.717, 1.165) is 5.56 Å². The van der Waals surface area contributed by atoms with Gasteiger partial charge < -0.3 is 10.1 Å². The highest BCUT2D eigenvalue weighted by Gasteiger charge is 2.29. The number of sulfone groups is 1. The van der Waals surface area contributed by atoms with Gasteiger partial charge in [0.2, 0.25) is 0 Å². The van der Waals surface area contributed by atoms with Gasteiger partial charge in [0.1, 0.15) is 0 Å². The zero-order chi connectivity index (χ0) is 17.0. The molecule has 0 bridgehead atoms. The van der Waals surface area contributed by atoms with Gasteiger partial charge in [0, 0.05) is 6.42 Å². The Morgan fingerprint density at radius 2 is 2.13 bits per heavy atom. The van der Waals surface area contributed by atoms with E-state index in [0.29, 0.717) is 17.1 Å². The van der Waals surface area contributed by atoms with Crippen molar-refractivity contribution in [1.82, 2.24) is 0 Å². The van der Waals surface area contributed by atoms with Crippen molar-refractivity contribution in [3.8, 4) is 0 Å². The zero-order valence-electron chi connectivity index (χ0n) is 12.7. The second-order valence-electron chi connectivity index (χ2n) is 5.67. The van der Waals surface area contributed by atoms with Gasteiger partial charge in [-0.1, -0.05) is 17.7 Å². The van der Waals surface area contributed by atoms with Crippen molar-refractivity contribution in [1.29, 1.82) is 0 Å². The van der Waals surface area contributed by atoms with Crippen molar-refractivity contribution >= 4 is 39.0 Å². The molecule has 1 unspecified atom stereocenters. The molecule has 126 valence electrons. The zero-order valence-corrected chi connectivity index (χ0v) is 14.2. The monoisotopic (exact) mass is 359 g/mol. The molecule has 1 aromatic carbocycles. The van der Waals surface area contributed by atoms with Gasteiger partial charge >= 0.3 is 5.97 Å². The standard InChI is InChI=1S/C15H18ClNO5S/c1-10-2-3-13(12(16)6-10)17-14(18)8-22-15(19)7-11-4-5-23(20,21)9-11/h2-3,6,11H,4-5,7-9H2,1H3,(H,17,18). The van der Waals surface area contributed by atoms with Gasteiger partial charge in [0.15, 0.2) is 16.4 Å². The molecule has 1 N–H and O–H groups in total. The van der Waals surface area contributed by atoms with Crippen LogP contribution in [0.5, 0.6) is 0 Å². The summed E-state index contributed by atoms with van der Waals surface area (Å²) in [6.07, 6.45) is 0.473. The van der Waals surface area contributed by atoms with Crippen LogP contribution in [-0.4, -0.2) is 38.4 Å². The highest BCUT2D eigenvalue weighted by molar-refractivity contribution is 7.91. The predicted molar refractivity (Wildman–Crippen MR) is 87.2 cm³/mol. The maximum Gasteiger partial charge on any atom is 0.306 e. The number of carbonyl (C=O) groups excluding carboxylic acids is 2. The quantitative estimate of drug-likeness (QED) is 0.811. The molecule has 1 heterocycles. The molecule has 2 rings (SSSR count). The van der Waals surface area contributed by atoms with E-state index >= 15 is 0 Å². The first-order valence-corrected chi connectivity index (χ1v) is 9.37. The molecule has 0 spiro atoms. The Bertz CT molecular complexity index is 717. The third-order valence-electron chi connectivity index (χ3n) is 3.55. The minimum atomic E-state index is -3.02. The third kappa shape index (κ3) is 5.51. The first kappa shape index (κ1) is 17.7. The van der Waals surface area contributed by atoms with E-state index in [4.69, 9.17) is 16.3 Å². The van der Waals surface area contributed by atoms with Crippen molar-refractivity contribution in [2.24, 2.45) is 5.92 Å². The second kappa shape index (κ2) is 7.31. The van der Waals surface area contributed by atoms with Crippen molar-refractivity contribution in [3.05, 3.63) is 28.8 Å². The molecule has 1 fully saturated rings. The molecule has 1 aliphatic rings. The van der Waals surface area contributed by atoms with Crippen molar-refractivity contribution in [2.75, 3.05) is 23.4 Å². The number of ether oxygens (including phenoxy) is 1. The summed E-state index contributed by atoms with van der Waals surface area (Å²) in [5.41, 5.74) is 1.41. The Morgan fingerprint density at radius 1 is 1.39 bits per heavy atom. The van der Waals surface area contributed by atoms with E-state index in [1.165, 1.54) is 0 Å². The number of hydrogen-bond donors (Lipinski definition) is 1. The van der Waals surface area contributed by atoms with Crippen LogP contribution in [0.25, 0.3) is 0 Å². The van der Waals surface area contributed by atoms with E-state index in [9.17, 15) is 18.0 Å². The Kier molecular flexibility index (Phi) is 5.64. The van der Waals surface area contributed by atoms with Crippen LogP contribution >= 0.6 is 11.6 Å². The minimum absolute atomic E-state index is 0.00721. The van der Waals surface area contributed by atoms with E-state index < -0.39 is 28.3 Å². The van der Waals surface area contributed by atoms with Crippen molar-refractivity contribution < 1.29 is 22.7 Å². The van der Waals surface area contributed by atoms with Gasteiger partial charge in [-0.2, -0.15) is 0 Å². The maximum absolute atomic E-state index is 11.8. The largest absolute Gasteiger partial charge is 0.456 e. The van der Waals surface area contributed by atoms with Gasteiger partial charge in [0.05, 0.1) is 22.2 Å². The van der Waals surface area contributed by atoms with Crippen LogP contribution in [0.3, 0.4) is 0 Å². The summed E-state index contributed by atoms with van der Waals surface area (Å²) >= 11 is 6.00. The number of carbonyl (C=O) groups is 2. The lowest BCUT2D eigenvalue weighted by Gasteiger charge is -2.10. The summed E-state index contributed by atoms with van der Waals surface area (Å²) in [4.78, 5) is 23.4. The Labute approximate surface area is 140 Å². The second-order valence-corrected chi connectivity index (χ2v) is 8.30. The number of benzene rings is 1. The first-order chi connectivity index (χ1) is 10.7. The summed E-state index contributed by atoms with van der Waals surface area (Å²) in [5.74, 6) is -1.17. The van der Waals surface area contributed by atoms with Gasteiger partial charge in [-0.3, -0.25) is 9.59 Å². The van der Waals surface area contributed by atoms with Gasteiger partial charge in [-0.15, -0.1) is 0 Å². The number of aryl methyl sites for hydroxylation is 1.